The smallest absolute Gasteiger partial charge is 0.190 e. The molecule has 0 radical (unpaired) electrons. The van der Waals surface area contributed by atoms with Crippen LogP contribution in [0.1, 0.15) is 18.4 Å². The third-order valence-corrected chi connectivity index (χ3v) is 3.05. The lowest BCUT2D eigenvalue weighted by Gasteiger charge is -2.13. The maximum Gasteiger partial charge on any atom is 0.190 e. The normalized spacial score (nSPS) is 14.5. The van der Waals surface area contributed by atoms with Crippen molar-refractivity contribution in [2.75, 3.05) is 20.7 Å². The molecule has 0 spiro atoms. The van der Waals surface area contributed by atoms with E-state index in [0.29, 0.717) is 6.54 Å². The van der Waals surface area contributed by atoms with E-state index in [9.17, 15) is 0 Å². The molecule has 1 aromatic carbocycles. The maximum atomic E-state index is 5.86. The Morgan fingerprint density at radius 1 is 1.37 bits per heavy atom. The molecule has 5 heteroatoms. The third-order valence-electron chi connectivity index (χ3n) is 3.05. The highest BCUT2D eigenvalue weighted by atomic mass is 127. The first kappa shape index (κ1) is 16.1. The number of aliphatic imine (C=N–C) groups is 1. The minimum atomic E-state index is 0. The van der Waals surface area contributed by atoms with Gasteiger partial charge in [-0.1, -0.05) is 18.2 Å². The lowest BCUT2D eigenvalue weighted by atomic mass is 10.2. The van der Waals surface area contributed by atoms with Gasteiger partial charge in [0.2, 0.25) is 0 Å². The summed E-state index contributed by atoms with van der Waals surface area (Å²) in [6.07, 6.45) is 2.62. The van der Waals surface area contributed by atoms with Crippen LogP contribution in [0.25, 0.3) is 0 Å². The van der Waals surface area contributed by atoms with Gasteiger partial charge in [0.05, 0.1) is 6.61 Å². The van der Waals surface area contributed by atoms with E-state index in [0.717, 1.165) is 29.8 Å². The van der Waals surface area contributed by atoms with Crippen LogP contribution in [-0.4, -0.2) is 26.7 Å². The minimum absolute atomic E-state index is 0. The second-order valence-electron chi connectivity index (χ2n) is 4.54. The monoisotopic (exact) mass is 375 g/mol. The molecule has 1 aromatic rings. The van der Waals surface area contributed by atoms with Crippen LogP contribution < -0.4 is 15.4 Å². The Balaban J connectivity index is 0.00000180. The summed E-state index contributed by atoms with van der Waals surface area (Å²) in [6, 6.07) is 8.15. The molecule has 0 heterocycles. The van der Waals surface area contributed by atoms with Gasteiger partial charge in [-0.15, -0.1) is 24.0 Å². The van der Waals surface area contributed by atoms with Crippen LogP contribution in [0.4, 0.5) is 0 Å². The van der Waals surface area contributed by atoms with Crippen LogP contribution in [0.15, 0.2) is 29.3 Å². The molecule has 106 valence electrons. The summed E-state index contributed by atoms with van der Waals surface area (Å²) >= 11 is 0. The number of nitrogens with one attached hydrogen (secondary N) is 2. The second kappa shape index (κ2) is 8.24. The standard InChI is InChI=1S/C14H21N3O.HI/c1-15-14(16-2)17-9-12-5-3-4-6-13(12)18-10-11-7-8-11;/h3-6,11H,7-10H2,1-2H3,(H2,15,16,17);1H. The molecule has 2 N–H and O–H groups in total. The molecule has 0 aliphatic heterocycles. The lowest BCUT2D eigenvalue weighted by Crippen LogP contribution is -2.34. The minimum Gasteiger partial charge on any atom is -0.493 e. The topological polar surface area (TPSA) is 45.7 Å². The van der Waals surface area contributed by atoms with E-state index < -0.39 is 0 Å². The van der Waals surface area contributed by atoms with Crippen LogP contribution in [0, 0.1) is 5.92 Å². The summed E-state index contributed by atoms with van der Waals surface area (Å²) in [5.74, 6) is 2.53. The Bertz CT molecular complexity index is 419. The van der Waals surface area contributed by atoms with Gasteiger partial charge in [0, 0.05) is 26.2 Å². The van der Waals surface area contributed by atoms with Crippen LogP contribution in [0.5, 0.6) is 5.75 Å². The molecule has 1 fully saturated rings. The van der Waals surface area contributed by atoms with Gasteiger partial charge in [-0.05, 0) is 24.8 Å². The van der Waals surface area contributed by atoms with Gasteiger partial charge in [-0.2, -0.15) is 0 Å². The zero-order valence-electron chi connectivity index (χ0n) is 11.5. The van der Waals surface area contributed by atoms with Crippen molar-refractivity contribution < 1.29 is 4.74 Å². The molecule has 0 amide bonds. The number of rotatable bonds is 5. The first-order valence-electron chi connectivity index (χ1n) is 6.42. The molecule has 1 aliphatic carbocycles. The summed E-state index contributed by atoms with van der Waals surface area (Å²) in [4.78, 5) is 4.09. The SMILES string of the molecule is CN=C(NC)NCc1ccccc1OCC1CC1.I. The molecule has 0 unspecified atom stereocenters. The second-order valence-corrected chi connectivity index (χ2v) is 4.54. The van der Waals surface area contributed by atoms with Crippen molar-refractivity contribution in [3.8, 4) is 5.75 Å². The lowest BCUT2D eigenvalue weighted by molar-refractivity contribution is 0.296. The predicted octanol–water partition coefficient (Wildman–Crippen LogP) is 2.39. The molecule has 0 saturated heterocycles. The fourth-order valence-electron chi connectivity index (χ4n) is 1.74. The summed E-state index contributed by atoms with van der Waals surface area (Å²) in [5, 5.41) is 6.24. The van der Waals surface area contributed by atoms with Crippen molar-refractivity contribution in [3.63, 3.8) is 0 Å². The number of benzene rings is 1. The number of hydrogen-bond acceptors (Lipinski definition) is 2. The fourth-order valence-corrected chi connectivity index (χ4v) is 1.74. The van der Waals surface area contributed by atoms with Crippen LogP contribution in [0.3, 0.4) is 0 Å². The van der Waals surface area contributed by atoms with E-state index in [-0.39, 0.29) is 24.0 Å². The van der Waals surface area contributed by atoms with E-state index in [2.05, 4.69) is 21.7 Å². The Hall–Kier alpha value is -0.980. The molecule has 1 aliphatic rings. The first-order valence-corrected chi connectivity index (χ1v) is 6.42. The number of nitrogens with zero attached hydrogens (tertiary/aromatic N) is 1. The van der Waals surface area contributed by atoms with Crippen LogP contribution in [-0.2, 0) is 6.54 Å². The van der Waals surface area contributed by atoms with Gasteiger partial charge in [-0.25, -0.2) is 0 Å². The zero-order chi connectivity index (χ0) is 12.8. The molecular formula is C14H22IN3O. The highest BCUT2D eigenvalue weighted by molar-refractivity contribution is 14.0. The average Bonchev–Trinajstić information content (AvgIpc) is 3.23. The molecule has 4 nitrogen and oxygen atoms in total. The van der Waals surface area contributed by atoms with Gasteiger partial charge < -0.3 is 15.4 Å². The Morgan fingerprint density at radius 3 is 2.74 bits per heavy atom. The number of halogens is 1. The molecule has 2 rings (SSSR count). The molecule has 1 saturated carbocycles. The Kier molecular flexibility index (Phi) is 6.97. The Morgan fingerprint density at radius 2 is 2.11 bits per heavy atom. The van der Waals surface area contributed by atoms with Gasteiger partial charge in [0.25, 0.3) is 0 Å². The van der Waals surface area contributed by atoms with E-state index in [1.807, 2.05) is 25.2 Å². The summed E-state index contributed by atoms with van der Waals surface area (Å²) in [7, 11) is 3.61. The number of guanidine groups is 1. The van der Waals surface area contributed by atoms with Crippen LogP contribution >= 0.6 is 24.0 Å². The van der Waals surface area contributed by atoms with Gasteiger partial charge >= 0.3 is 0 Å². The number of ether oxygens (including phenoxy) is 1. The molecule has 0 bridgehead atoms. The van der Waals surface area contributed by atoms with E-state index in [1.54, 1.807) is 7.05 Å². The van der Waals surface area contributed by atoms with Crippen molar-refractivity contribution in [1.82, 2.24) is 10.6 Å². The number of para-hydroxylation sites is 1. The molecule has 19 heavy (non-hydrogen) atoms. The van der Waals surface area contributed by atoms with Crippen molar-refractivity contribution >= 4 is 29.9 Å². The maximum absolute atomic E-state index is 5.86. The highest BCUT2D eigenvalue weighted by Gasteiger charge is 2.22. The van der Waals surface area contributed by atoms with Gasteiger partial charge in [0.15, 0.2) is 5.96 Å². The first-order chi connectivity index (χ1) is 8.83. The third kappa shape index (κ3) is 5.26. The van der Waals surface area contributed by atoms with Crippen molar-refractivity contribution in [1.29, 1.82) is 0 Å². The van der Waals surface area contributed by atoms with E-state index >= 15 is 0 Å². The van der Waals surface area contributed by atoms with E-state index in [4.69, 9.17) is 4.74 Å². The molecule has 0 atom stereocenters. The molecular weight excluding hydrogens is 353 g/mol. The average molecular weight is 375 g/mol. The largest absolute Gasteiger partial charge is 0.493 e. The van der Waals surface area contributed by atoms with Crippen molar-refractivity contribution in [2.45, 2.75) is 19.4 Å². The quantitative estimate of drug-likeness (QED) is 0.472. The Labute approximate surface area is 132 Å². The molecule has 0 aromatic heterocycles. The highest BCUT2D eigenvalue weighted by Crippen LogP contribution is 2.30. The summed E-state index contributed by atoms with van der Waals surface area (Å²) < 4.78 is 5.86. The zero-order valence-corrected chi connectivity index (χ0v) is 13.8. The predicted molar refractivity (Wildman–Crippen MR) is 89.3 cm³/mol. The van der Waals surface area contributed by atoms with Crippen LogP contribution in [0.2, 0.25) is 0 Å². The van der Waals surface area contributed by atoms with Crippen molar-refractivity contribution in [3.05, 3.63) is 29.8 Å². The van der Waals surface area contributed by atoms with Crippen molar-refractivity contribution in [2.24, 2.45) is 10.9 Å². The van der Waals surface area contributed by atoms with Gasteiger partial charge in [-0.3, -0.25) is 4.99 Å². The number of hydrogen-bond donors (Lipinski definition) is 2. The van der Waals surface area contributed by atoms with E-state index in [1.165, 1.54) is 12.8 Å². The fraction of sp³-hybridized carbons (Fsp3) is 0.500. The summed E-state index contributed by atoms with van der Waals surface area (Å²) in [6.45, 7) is 1.56. The summed E-state index contributed by atoms with van der Waals surface area (Å²) in [5.41, 5.74) is 1.16. The van der Waals surface area contributed by atoms with Gasteiger partial charge in [0.1, 0.15) is 5.75 Å².